The van der Waals surface area contributed by atoms with Crippen molar-refractivity contribution in [1.29, 1.82) is 0 Å². The lowest BCUT2D eigenvalue weighted by Crippen LogP contribution is -2.44. The van der Waals surface area contributed by atoms with E-state index in [1.54, 1.807) is 24.5 Å². The molecule has 0 spiro atoms. The lowest BCUT2D eigenvalue weighted by molar-refractivity contribution is -0.225. The number of ether oxygens (including phenoxy) is 1. The number of esters is 1. The molecule has 0 amide bonds. The average Bonchev–Trinajstić information content (AvgIpc) is 2.67. The summed E-state index contributed by atoms with van der Waals surface area (Å²) in [6.07, 6.45) is 2.82. The van der Waals surface area contributed by atoms with Gasteiger partial charge in [-0.15, -0.1) is 0 Å². The van der Waals surface area contributed by atoms with E-state index >= 15 is 0 Å². The standard InChI is InChI=1S/C21H25F3N2O2/c1-4-6-7-8-15-13-25-18(26-14-15)16-9-11-17(12-10-16)28-19(27)20(3,5-2)21(22,23)24/h9-14H,4-8H2,1-3H3. The summed E-state index contributed by atoms with van der Waals surface area (Å²) in [5.41, 5.74) is -0.787. The van der Waals surface area contributed by atoms with E-state index in [1.807, 2.05) is 0 Å². The Morgan fingerprint density at radius 3 is 2.14 bits per heavy atom. The van der Waals surface area contributed by atoms with Gasteiger partial charge in [-0.3, -0.25) is 4.79 Å². The van der Waals surface area contributed by atoms with Gasteiger partial charge in [0.2, 0.25) is 0 Å². The molecule has 1 aromatic carbocycles. The maximum absolute atomic E-state index is 13.2. The number of aryl methyl sites for hydroxylation is 1. The molecule has 2 aromatic rings. The van der Waals surface area contributed by atoms with Crippen LogP contribution in [-0.2, 0) is 11.2 Å². The van der Waals surface area contributed by atoms with Gasteiger partial charge in [0.15, 0.2) is 11.2 Å². The molecule has 0 aliphatic carbocycles. The molecule has 1 atom stereocenters. The van der Waals surface area contributed by atoms with Crippen molar-refractivity contribution in [2.24, 2.45) is 5.41 Å². The van der Waals surface area contributed by atoms with Crippen LogP contribution in [0, 0.1) is 5.41 Å². The van der Waals surface area contributed by atoms with E-state index in [0.29, 0.717) is 11.4 Å². The minimum Gasteiger partial charge on any atom is -0.426 e. The minimum absolute atomic E-state index is 0.0499. The van der Waals surface area contributed by atoms with Gasteiger partial charge in [-0.2, -0.15) is 13.2 Å². The SMILES string of the molecule is CCCCCc1cnc(-c2ccc(OC(=O)C(C)(CC)C(F)(F)F)cc2)nc1. The molecule has 2 rings (SSSR count). The third-order valence-corrected chi connectivity index (χ3v) is 4.88. The van der Waals surface area contributed by atoms with Crippen LogP contribution in [0.3, 0.4) is 0 Å². The van der Waals surface area contributed by atoms with E-state index in [-0.39, 0.29) is 5.75 Å². The first-order chi connectivity index (χ1) is 13.2. The normalized spacial score (nSPS) is 13.8. The number of unbranched alkanes of at least 4 members (excludes halogenated alkanes) is 2. The van der Waals surface area contributed by atoms with E-state index in [2.05, 4.69) is 16.9 Å². The van der Waals surface area contributed by atoms with E-state index in [4.69, 9.17) is 4.74 Å². The van der Waals surface area contributed by atoms with Gasteiger partial charge in [0, 0.05) is 18.0 Å². The Balaban J connectivity index is 2.06. The monoisotopic (exact) mass is 394 g/mol. The minimum atomic E-state index is -4.68. The highest BCUT2D eigenvalue weighted by atomic mass is 19.4. The molecule has 1 unspecified atom stereocenters. The van der Waals surface area contributed by atoms with Gasteiger partial charge >= 0.3 is 12.1 Å². The van der Waals surface area contributed by atoms with Crippen molar-refractivity contribution >= 4 is 5.97 Å². The van der Waals surface area contributed by atoms with Gasteiger partial charge < -0.3 is 4.74 Å². The van der Waals surface area contributed by atoms with E-state index in [1.165, 1.54) is 19.1 Å². The topological polar surface area (TPSA) is 52.1 Å². The molecule has 152 valence electrons. The van der Waals surface area contributed by atoms with Crippen molar-refractivity contribution in [2.75, 3.05) is 0 Å². The molecule has 0 aliphatic heterocycles. The van der Waals surface area contributed by atoms with Crippen LogP contribution >= 0.6 is 0 Å². The number of benzene rings is 1. The molecule has 0 saturated heterocycles. The molecule has 0 radical (unpaired) electrons. The third kappa shape index (κ3) is 5.09. The van der Waals surface area contributed by atoms with Crippen molar-refractivity contribution in [2.45, 2.75) is 59.1 Å². The van der Waals surface area contributed by atoms with Gasteiger partial charge in [-0.1, -0.05) is 26.7 Å². The second-order valence-corrected chi connectivity index (χ2v) is 6.97. The second-order valence-electron chi connectivity index (χ2n) is 6.97. The number of alkyl halides is 3. The third-order valence-electron chi connectivity index (χ3n) is 4.88. The van der Waals surface area contributed by atoms with Crippen molar-refractivity contribution < 1.29 is 22.7 Å². The maximum Gasteiger partial charge on any atom is 0.404 e. The lowest BCUT2D eigenvalue weighted by atomic mass is 9.87. The molecule has 0 saturated carbocycles. The number of carbonyl (C=O) groups excluding carboxylic acids is 1. The summed E-state index contributed by atoms with van der Waals surface area (Å²) in [5.74, 6) is -0.761. The van der Waals surface area contributed by atoms with Crippen molar-refractivity contribution in [3.63, 3.8) is 0 Å². The Bertz CT molecular complexity index is 774. The van der Waals surface area contributed by atoms with Crippen LogP contribution in [-0.4, -0.2) is 22.1 Å². The summed E-state index contributed by atoms with van der Waals surface area (Å²) < 4.78 is 44.4. The van der Waals surface area contributed by atoms with E-state index < -0.39 is 24.0 Å². The fourth-order valence-electron chi connectivity index (χ4n) is 2.56. The van der Waals surface area contributed by atoms with Gasteiger partial charge in [0.1, 0.15) is 5.75 Å². The maximum atomic E-state index is 13.2. The first-order valence-corrected chi connectivity index (χ1v) is 9.41. The number of carbonyl (C=O) groups is 1. The lowest BCUT2D eigenvalue weighted by Gasteiger charge is -2.28. The Morgan fingerprint density at radius 2 is 1.64 bits per heavy atom. The zero-order valence-electron chi connectivity index (χ0n) is 16.3. The molecule has 1 heterocycles. The Labute approximate surface area is 163 Å². The molecule has 0 N–H and O–H groups in total. The smallest absolute Gasteiger partial charge is 0.404 e. The molecule has 4 nitrogen and oxygen atoms in total. The van der Waals surface area contributed by atoms with E-state index in [0.717, 1.165) is 38.2 Å². The summed E-state index contributed by atoms with van der Waals surface area (Å²) in [6, 6.07) is 6.12. The van der Waals surface area contributed by atoms with Crippen molar-refractivity contribution in [3.05, 3.63) is 42.2 Å². The summed E-state index contributed by atoms with van der Waals surface area (Å²) >= 11 is 0. The van der Waals surface area contributed by atoms with Crippen LogP contribution in [0.5, 0.6) is 5.75 Å². The highest BCUT2D eigenvalue weighted by molar-refractivity contribution is 5.79. The van der Waals surface area contributed by atoms with Crippen molar-refractivity contribution in [3.8, 4) is 17.1 Å². The van der Waals surface area contributed by atoms with Crippen LogP contribution in [0.4, 0.5) is 13.2 Å². The van der Waals surface area contributed by atoms with Gasteiger partial charge in [0.25, 0.3) is 0 Å². The highest BCUT2D eigenvalue weighted by Gasteiger charge is 2.56. The highest BCUT2D eigenvalue weighted by Crippen LogP contribution is 2.42. The Kier molecular flexibility index (Phi) is 7.16. The van der Waals surface area contributed by atoms with Crippen LogP contribution in [0.2, 0.25) is 0 Å². The zero-order valence-corrected chi connectivity index (χ0v) is 16.3. The number of aromatic nitrogens is 2. The first kappa shape index (κ1) is 21.9. The molecule has 0 fully saturated rings. The Morgan fingerprint density at radius 1 is 1.04 bits per heavy atom. The van der Waals surface area contributed by atoms with Gasteiger partial charge in [0.05, 0.1) is 0 Å². The molecule has 0 bridgehead atoms. The van der Waals surface area contributed by atoms with Crippen LogP contribution < -0.4 is 4.74 Å². The van der Waals surface area contributed by atoms with Crippen LogP contribution in [0.1, 0.15) is 52.0 Å². The van der Waals surface area contributed by atoms with Gasteiger partial charge in [-0.05, 0) is 56.0 Å². The summed E-state index contributed by atoms with van der Waals surface area (Å²) in [4.78, 5) is 20.7. The predicted octanol–water partition coefficient (Wildman–Crippen LogP) is 5.76. The molecule has 28 heavy (non-hydrogen) atoms. The summed E-state index contributed by atoms with van der Waals surface area (Å²) in [5, 5.41) is 0. The van der Waals surface area contributed by atoms with E-state index in [9.17, 15) is 18.0 Å². The first-order valence-electron chi connectivity index (χ1n) is 9.41. The van der Waals surface area contributed by atoms with Crippen LogP contribution in [0.25, 0.3) is 11.4 Å². The molecular weight excluding hydrogens is 369 g/mol. The number of rotatable bonds is 8. The summed E-state index contributed by atoms with van der Waals surface area (Å²) in [6.45, 7) is 4.30. The zero-order chi connectivity index (χ0) is 20.8. The predicted molar refractivity (Wildman–Crippen MR) is 101 cm³/mol. The number of halogens is 3. The largest absolute Gasteiger partial charge is 0.426 e. The number of hydrogen-bond acceptors (Lipinski definition) is 4. The molecule has 1 aromatic heterocycles. The Hall–Kier alpha value is -2.44. The van der Waals surface area contributed by atoms with Gasteiger partial charge in [-0.25, -0.2) is 9.97 Å². The molecule has 7 heteroatoms. The number of hydrogen-bond donors (Lipinski definition) is 0. The van der Waals surface area contributed by atoms with Crippen LogP contribution in [0.15, 0.2) is 36.7 Å². The second kappa shape index (κ2) is 9.17. The summed E-state index contributed by atoms with van der Waals surface area (Å²) in [7, 11) is 0. The fourth-order valence-corrected chi connectivity index (χ4v) is 2.56. The quantitative estimate of drug-likeness (QED) is 0.324. The molecule has 0 aliphatic rings. The number of nitrogens with zero attached hydrogens (tertiary/aromatic N) is 2. The molecular formula is C21H25F3N2O2. The fraction of sp³-hybridized carbons (Fsp3) is 0.476. The van der Waals surface area contributed by atoms with Crippen molar-refractivity contribution in [1.82, 2.24) is 9.97 Å². The average molecular weight is 394 g/mol.